The van der Waals surface area contributed by atoms with Crippen LogP contribution in [0.1, 0.15) is 18.1 Å². The average Bonchev–Trinajstić information content (AvgIpc) is 2.52. The van der Waals surface area contributed by atoms with Crippen molar-refractivity contribution in [3.05, 3.63) is 58.6 Å². The number of aryl methyl sites for hydroxylation is 1. The molecule has 5 heteroatoms. The maximum Gasteiger partial charge on any atom is 0.345 e. The van der Waals surface area contributed by atoms with Crippen molar-refractivity contribution >= 4 is 17.6 Å². The van der Waals surface area contributed by atoms with Gasteiger partial charge in [0, 0.05) is 11.4 Å². The fraction of sp³-hybridized carbons (Fsp3) is 0.278. The van der Waals surface area contributed by atoms with Gasteiger partial charge in [-0.1, -0.05) is 29.8 Å². The van der Waals surface area contributed by atoms with Crippen LogP contribution in [-0.2, 0) is 11.2 Å². The Morgan fingerprint density at radius 1 is 1.26 bits per heavy atom. The van der Waals surface area contributed by atoms with Gasteiger partial charge in [0.1, 0.15) is 11.5 Å². The lowest BCUT2D eigenvalue weighted by molar-refractivity contribution is -0.145. The van der Waals surface area contributed by atoms with Gasteiger partial charge < -0.3 is 14.6 Å². The smallest absolute Gasteiger partial charge is 0.345 e. The highest BCUT2D eigenvalue weighted by Crippen LogP contribution is 2.24. The topological polar surface area (TPSA) is 55.8 Å². The fourth-order valence-electron chi connectivity index (χ4n) is 2.20. The van der Waals surface area contributed by atoms with E-state index in [1.165, 1.54) is 0 Å². The van der Waals surface area contributed by atoms with Crippen molar-refractivity contribution in [3.8, 4) is 11.5 Å². The van der Waals surface area contributed by atoms with Gasteiger partial charge in [0.25, 0.3) is 0 Å². The molecule has 0 aliphatic rings. The molecule has 0 heterocycles. The minimum atomic E-state index is -1.02. The normalized spacial score (nSPS) is 11.8. The van der Waals surface area contributed by atoms with Crippen LogP contribution < -0.4 is 9.47 Å². The first-order valence-electron chi connectivity index (χ1n) is 7.37. The Morgan fingerprint density at radius 2 is 2.00 bits per heavy atom. The Balaban J connectivity index is 2.19. The van der Waals surface area contributed by atoms with Crippen LogP contribution in [0.3, 0.4) is 0 Å². The molecule has 4 nitrogen and oxygen atoms in total. The number of rotatable bonds is 7. The lowest BCUT2D eigenvalue weighted by Crippen LogP contribution is -2.29. The standard InChI is InChI=1S/C18H19ClO4/c1-3-22-16-7-5-4-6-13(16)11-17(18(20)21)23-14-8-9-15(19)12(2)10-14/h4-10,17H,3,11H2,1-2H3,(H,20,21)/t17-/m0/s1. The Hall–Kier alpha value is -2.20. The number of aliphatic carboxylic acids is 1. The second-order valence-electron chi connectivity index (χ2n) is 5.10. The Labute approximate surface area is 140 Å². The molecule has 0 bridgehead atoms. The summed E-state index contributed by atoms with van der Waals surface area (Å²) in [5.74, 6) is 0.134. The van der Waals surface area contributed by atoms with Crippen LogP contribution in [0.4, 0.5) is 0 Å². The van der Waals surface area contributed by atoms with Crippen LogP contribution in [-0.4, -0.2) is 23.8 Å². The molecule has 0 fully saturated rings. The number of carboxylic acid groups (broad SMARTS) is 1. The Morgan fingerprint density at radius 3 is 2.65 bits per heavy atom. The molecule has 2 aromatic rings. The molecule has 2 rings (SSSR count). The van der Waals surface area contributed by atoms with Crippen LogP contribution in [0, 0.1) is 6.92 Å². The second kappa shape index (κ2) is 7.88. The minimum absolute atomic E-state index is 0.215. The SMILES string of the molecule is CCOc1ccccc1C[C@H](Oc1ccc(Cl)c(C)c1)C(=O)O. The third-order valence-electron chi connectivity index (χ3n) is 3.36. The number of carboxylic acids is 1. The van der Waals surface area contributed by atoms with Crippen LogP contribution in [0.15, 0.2) is 42.5 Å². The molecule has 23 heavy (non-hydrogen) atoms. The Kier molecular flexibility index (Phi) is 5.88. The van der Waals surface area contributed by atoms with Gasteiger partial charge in [-0.3, -0.25) is 0 Å². The van der Waals surface area contributed by atoms with Crippen molar-refractivity contribution in [2.45, 2.75) is 26.4 Å². The molecule has 0 unspecified atom stereocenters. The van der Waals surface area contributed by atoms with Crippen molar-refractivity contribution in [2.24, 2.45) is 0 Å². The lowest BCUT2D eigenvalue weighted by atomic mass is 10.1. The summed E-state index contributed by atoms with van der Waals surface area (Å²) in [4.78, 5) is 11.5. The summed E-state index contributed by atoms with van der Waals surface area (Å²) >= 11 is 5.98. The molecule has 0 amide bonds. The molecule has 0 saturated carbocycles. The molecule has 0 aromatic heterocycles. The quantitative estimate of drug-likeness (QED) is 0.827. The zero-order chi connectivity index (χ0) is 16.8. The van der Waals surface area contributed by atoms with Crippen LogP contribution in [0.5, 0.6) is 11.5 Å². The summed E-state index contributed by atoms with van der Waals surface area (Å²) in [7, 11) is 0. The third-order valence-corrected chi connectivity index (χ3v) is 3.79. The van der Waals surface area contributed by atoms with E-state index in [0.29, 0.717) is 23.1 Å². The number of hydrogen-bond acceptors (Lipinski definition) is 3. The summed E-state index contributed by atoms with van der Waals surface area (Å²) in [5, 5.41) is 10.1. The predicted octanol–water partition coefficient (Wildman–Crippen LogP) is 4.12. The lowest BCUT2D eigenvalue weighted by Gasteiger charge is -2.17. The summed E-state index contributed by atoms with van der Waals surface area (Å²) in [6.45, 7) is 4.25. The largest absolute Gasteiger partial charge is 0.494 e. The molecule has 122 valence electrons. The van der Waals surface area contributed by atoms with E-state index in [9.17, 15) is 9.90 Å². The van der Waals surface area contributed by atoms with Gasteiger partial charge in [-0.05, 0) is 49.2 Å². The van der Waals surface area contributed by atoms with E-state index in [2.05, 4.69) is 0 Å². The summed E-state index contributed by atoms with van der Waals surface area (Å²) in [5.41, 5.74) is 1.63. The van der Waals surface area contributed by atoms with E-state index >= 15 is 0 Å². The summed E-state index contributed by atoms with van der Waals surface area (Å²) < 4.78 is 11.2. The van der Waals surface area contributed by atoms with Crippen LogP contribution in [0.25, 0.3) is 0 Å². The molecule has 2 aromatic carbocycles. The molecule has 0 aliphatic carbocycles. The van der Waals surface area contributed by atoms with E-state index in [1.54, 1.807) is 18.2 Å². The van der Waals surface area contributed by atoms with Crippen molar-refractivity contribution in [2.75, 3.05) is 6.61 Å². The first-order valence-corrected chi connectivity index (χ1v) is 7.75. The molecular weight excluding hydrogens is 316 g/mol. The first-order chi connectivity index (χ1) is 11.0. The molecule has 0 saturated heterocycles. The zero-order valence-corrected chi connectivity index (χ0v) is 13.8. The van der Waals surface area contributed by atoms with E-state index in [4.69, 9.17) is 21.1 Å². The molecule has 1 N–H and O–H groups in total. The van der Waals surface area contributed by atoms with Gasteiger partial charge in [0.15, 0.2) is 6.10 Å². The monoisotopic (exact) mass is 334 g/mol. The van der Waals surface area contributed by atoms with Crippen LogP contribution >= 0.6 is 11.6 Å². The summed E-state index contributed by atoms with van der Waals surface area (Å²) in [6, 6.07) is 12.5. The van der Waals surface area contributed by atoms with Crippen molar-refractivity contribution in [1.82, 2.24) is 0 Å². The van der Waals surface area contributed by atoms with E-state index in [1.807, 2.05) is 38.1 Å². The molecule has 0 radical (unpaired) electrons. The highest BCUT2D eigenvalue weighted by atomic mass is 35.5. The number of halogens is 1. The highest BCUT2D eigenvalue weighted by molar-refractivity contribution is 6.31. The van der Waals surface area contributed by atoms with Gasteiger partial charge in [-0.2, -0.15) is 0 Å². The minimum Gasteiger partial charge on any atom is -0.494 e. The summed E-state index contributed by atoms with van der Waals surface area (Å²) in [6.07, 6.45) is -0.787. The highest BCUT2D eigenvalue weighted by Gasteiger charge is 2.22. The third kappa shape index (κ3) is 4.63. The molecule has 0 aliphatic heterocycles. The molecule has 1 atom stereocenters. The number of carbonyl (C=O) groups is 1. The number of benzene rings is 2. The van der Waals surface area contributed by atoms with Crippen LogP contribution in [0.2, 0.25) is 5.02 Å². The molecule has 0 spiro atoms. The van der Waals surface area contributed by atoms with Crippen molar-refractivity contribution < 1.29 is 19.4 Å². The predicted molar refractivity (Wildman–Crippen MR) is 89.6 cm³/mol. The van der Waals surface area contributed by atoms with Gasteiger partial charge in [-0.15, -0.1) is 0 Å². The first kappa shape index (κ1) is 17.2. The average molecular weight is 335 g/mol. The number of hydrogen-bond donors (Lipinski definition) is 1. The van der Waals surface area contributed by atoms with E-state index < -0.39 is 12.1 Å². The van der Waals surface area contributed by atoms with Gasteiger partial charge >= 0.3 is 5.97 Å². The van der Waals surface area contributed by atoms with Gasteiger partial charge in [-0.25, -0.2) is 4.79 Å². The van der Waals surface area contributed by atoms with E-state index in [0.717, 1.165) is 11.1 Å². The van der Waals surface area contributed by atoms with Crippen molar-refractivity contribution in [1.29, 1.82) is 0 Å². The fourth-order valence-corrected chi connectivity index (χ4v) is 2.32. The Bertz CT molecular complexity index is 684. The number of ether oxygens (including phenoxy) is 2. The molecular formula is C18H19ClO4. The van der Waals surface area contributed by atoms with E-state index in [-0.39, 0.29) is 6.42 Å². The second-order valence-corrected chi connectivity index (χ2v) is 5.51. The maximum absolute atomic E-state index is 11.5. The van der Waals surface area contributed by atoms with Gasteiger partial charge in [0.2, 0.25) is 0 Å². The van der Waals surface area contributed by atoms with Crippen molar-refractivity contribution in [3.63, 3.8) is 0 Å². The zero-order valence-electron chi connectivity index (χ0n) is 13.1. The van der Waals surface area contributed by atoms with Gasteiger partial charge in [0.05, 0.1) is 6.61 Å². The maximum atomic E-state index is 11.5. The number of para-hydroxylation sites is 1.